The number of aromatic nitrogens is 2. The van der Waals surface area contributed by atoms with Crippen LogP contribution in [0.25, 0.3) is 5.65 Å². The highest BCUT2D eigenvalue weighted by Gasteiger charge is 2.22. The molecule has 2 heterocycles. The van der Waals surface area contributed by atoms with Crippen LogP contribution in [-0.4, -0.2) is 21.7 Å². The fourth-order valence-electron chi connectivity index (χ4n) is 2.11. The quantitative estimate of drug-likeness (QED) is 0.831. The summed E-state index contributed by atoms with van der Waals surface area (Å²) in [5.41, 5.74) is 1.78. The Bertz CT molecular complexity index is 684. The van der Waals surface area contributed by atoms with Gasteiger partial charge in [-0.2, -0.15) is 5.26 Å². The van der Waals surface area contributed by atoms with Gasteiger partial charge in [0.2, 0.25) is 12.3 Å². The summed E-state index contributed by atoms with van der Waals surface area (Å²) in [4.78, 5) is 26.7. The first-order valence-corrected chi connectivity index (χ1v) is 6.32. The van der Waals surface area contributed by atoms with Crippen molar-refractivity contribution in [2.45, 2.75) is 25.7 Å². The van der Waals surface area contributed by atoms with Crippen molar-refractivity contribution in [1.82, 2.24) is 14.7 Å². The minimum absolute atomic E-state index is 0.356. The lowest BCUT2D eigenvalue weighted by atomic mass is 9.99. The minimum Gasteiger partial charge on any atom is -0.305 e. The van der Waals surface area contributed by atoms with E-state index in [1.165, 1.54) is 0 Å². The SMILES string of the molecule is CCCC(C(=O)NC=O)c1cn2cc(C#N)ccc2n1. The number of rotatable bonds is 5. The molecular formula is C14H14N4O2. The van der Waals surface area contributed by atoms with E-state index in [1.807, 2.05) is 6.92 Å². The molecule has 0 spiro atoms. The topological polar surface area (TPSA) is 87.3 Å². The van der Waals surface area contributed by atoms with Gasteiger partial charge in [0, 0.05) is 12.4 Å². The van der Waals surface area contributed by atoms with Gasteiger partial charge in [-0.3, -0.25) is 14.9 Å². The number of nitriles is 1. The van der Waals surface area contributed by atoms with Crippen LogP contribution in [0.4, 0.5) is 0 Å². The Morgan fingerprint density at radius 2 is 2.35 bits per heavy atom. The van der Waals surface area contributed by atoms with E-state index < -0.39 is 5.92 Å². The number of hydrogen-bond donors (Lipinski definition) is 1. The number of pyridine rings is 1. The Hall–Kier alpha value is -2.68. The molecule has 102 valence electrons. The van der Waals surface area contributed by atoms with E-state index in [4.69, 9.17) is 5.26 Å². The van der Waals surface area contributed by atoms with Crippen molar-refractivity contribution < 1.29 is 9.59 Å². The lowest BCUT2D eigenvalue weighted by Crippen LogP contribution is -2.28. The maximum atomic E-state index is 11.9. The van der Waals surface area contributed by atoms with Gasteiger partial charge in [-0.1, -0.05) is 13.3 Å². The fraction of sp³-hybridized carbons (Fsp3) is 0.286. The van der Waals surface area contributed by atoms with Crippen molar-refractivity contribution in [3.8, 4) is 6.07 Å². The zero-order valence-electron chi connectivity index (χ0n) is 11.0. The van der Waals surface area contributed by atoms with Crippen LogP contribution >= 0.6 is 0 Å². The molecule has 2 aromatic heterocycles. The van der Waals surface area contributed by atoms with Gasteiger partial charge in [-0.25, -0.2) is 4.98 Å². The largest absolute Gasteiger partial charge is 0.305 e. The van der Waals surface area contributed by atoms with Gasteiger partial charge in [0.05, 0.1) is 17.2 Å². The molecule has 2 aromatic rings. The first-order chi connectivity index (χ1) is 9.69. The number of nitrogens with one attached hydrogen (secondary N) is 1. The third-order valence-corrected chi connectivity index (χ3v) is 3.05. The van der Waals surface area contributed by atoms with Crippen LogP contribution in [0.15, 0.2) is 24.5 Å². The fourth-order valence-corrected chi connectivity index (χ4v) is 2.11. The molecule has 0 aliphatic rings. The molecule has 20 heavy (non-hydrogen) atoms. The number of amides is 2. The second-order valence-electron chi connectivity index (χ2n) is 4.43. The minimum atomic E-state index is -0.462. The monoisotopic (exact) mass is 270 g/mol. The van der Waals surface area contributed by atoms with Crippen molar-refractivity contribution in [3.05, 3.63) is 35.8 Å². The lowest BCUT2D eigenvalue weighted by Gasteiger charge is -2.10. The van der Waals surface area contributed by atoms with E-state index in [-0.39, 0.29) is 5.91 Å². The highest BCUT2D eigenvalue weighted by molar-refractivity contribution is 5.90. The molecule has 2 amide bonds. The van der Waals surface area contributed by atoms with Crippen LogP contribution in [0, 0.1) is 11.3 Å². The van der Waals surface area contributed by atoms with E-state index in [2.05, 4.69) is 16.4 Å². The Morgan fingerprint density at radius 1 is 1.55 bits per heavy atom. The van der Waals surface area contributed by atoms with Crippen molar-refractivity contribution in [3.63, 3.8) is 0 Å². The van der Waals surface area contributed by atoms with E-state index in [9.17, 15) is 9.59 Å². The molecule has 0 radical (unpaired) electrons. The van der Waals surface area contributed by atoms with Gasteiger partial charge >= 0.3 is 0 Å². The molecule has 0 aromatic carbocycles. The molecule has 0 fully saturated rings. The number of hydrogen-bond acceptors (Lipinski definition) is 4. The highest BCUT2D eigenvalue weighted by Crippen LogP contribution is 2.21. The summed E-state index contributed by atoms with van der Waals surface area (Å²) in [6, 6.07) is 5.45. The third kappa shape index (κ3) is 2.67. The summed E-state index contributed by atoms with van der Waals surface area (Å²) >= 11 is 0. The molecule has 0 aliphatic carbocycles. The predicted octanol–water partition coefficient (Wildman–Crippen LogP) is 1.36. The van der Waals surface area contributed by atoms with Crippen molar-refractivity contribution in [2.24, 2.45) is 0 Å². The van der Waals surface area contributed by atoms with Crippen molar-refractivity contribution in [1.29, 1.82) is 5.26 Å². The molecule has 0 aliphatic heterocycles. The van der Waals surface area contributed by atoms with Crippen LogP contribution in [-0.2, 0) is 9.59 Å². The van der Waals surface area contributed by atoms with Crippen molar-refractivity contribution >= 4 is 18.0 Å². The number of imide groups is 1. The van der Waals surface area contributed by atoms with Gasteiger partial charge in [0.1, 0.15) is 11.7 Å². The van der Waals surface area contributed by atoms with E-state index in [1.54, 1.807) is 28.9 Å². The first kappa shape index (κ1) is 13.7. The number of carbonyl (C=O) groups excluding carboxylic acids is 2. The maximum Gasteiger partial charge on any atom is 0.235 e. The predicted molar refractivity (Wildman–Crippen MR) is 71.8 cm³/mol. The van der Waals surface area contributed by atoms with Crippen LogP contribution in [0.3, 0.4) is 0 Å². The number of fused-ring (bicyclic) bond motifs is 1. The second kappa shape index (κ2) is 5.97. The Balaban J connectivity index is 2.40. The summed E-state index contributed by atoms with van der Waals surface area (Å²) in [6.07, 6.45) is 5.17. The summed E-state index contributed by atoms with van der Waals surface area (Å²) < 4.78 is 1.71. The molecule has 2 rings (SSSR count). The van der Waals surface area contributed by atoms with Crippen LogP contribution in [0.2, 0.25) is 0 Å². The average Bonchev–Trinajstić information content (AvgIpc) is 2.87. The highest BCUT2D eigenvalue weighted by atomic mass is 16.2. The zero-order chi connectivity index (χ0) is 14.5. The Labute approximate surface area is 116 Å². The summed E-state index contributed by atoms with van der Waals surface area (Å²) in [7, 11) is 0. The van der Waals surface area contributed by atoms with Crippen LogP contribution in [0.5, 0.6) is 0 Å². The average molecular weight is 270 g/mol. The molecular weight excluding hydrogens is 256 g/mol. The van der Waals surface area contributed by atoms with E-state index >= 15 is 0 Å². The molecule has 6 heteroatoms. The van der Waals surface area contributed by atoms with Gasteiger partial charge in [0.15, 0.2) is 0 Å². The Kier molecular flexibility index (Phi) is 4.11. The third-order valence-electron chi connectivity index (χ3n) is 3.05. The number of carbonyl (C=O) groups is 2. The molecule has 0 saturated carbocycles. The van der Waals surface area contributed by atoms with Gasteiger partial charge in [-0.15, -0.1) is 0 Å². The number of imidazole rings is 1. The van der Waals surface area contributed by atoms with Crippen LogP contribution < -0.4 is 5.32 Å². The van der Waals surface area contributed by atoms with E-state index in [0.29, 0.717) is 29.7 Å². The van der Waals surface area contributed by atoms with E-state index in [0.717, 1.165) is 6.42 Å². The van der Waals surface area contributed by atoms with Crippen molar-refractivity contribution in [2.75, 3.05) is 0 Å². The zero-order valence-corrected chi connectivity index (χ0v) is 11.0. The first-order valence-electron chi connectivity index (χ1n) is 6.32. The summed E-state index contributed by atoms with van der Waals surface area (Å²) in [5.74, 6) is -0.818. The molecule has 6 nitrogen and oxygen atoms in total. The van der Waals surface area contributed by atoms with Gasteiger partial charge in [0.25, 0.3) is 0 Å². The molecule has 1 atom stereocenters. The summed E-state index contributed by atoms with van der Waals surface area (Å²) in [6.45, 7) is 1.96. The van der Waals surface area contributed by atoms with Gasteiger partial charge in [-0.05, 0) is 18.6 Å². The number of nitrogens with zero attached hydrogens (tertiary/aromatic N) is 3. The smallest absolute Gasteiger partial charge is 0.235 e. The molecule has 0 saturated heterocycles. The molecule has 0 bridgehead atoms. The maximum absolute atomic E-state index is 11.9. The van der Waals surface area contributed by atoms with Crippen LogP contribution in [0.1, 0.15) is 36.9 Å². The normalized spacial score (nSPS) is 11.8. The summed E-state index contributed by atoms with van der Waals surface area (Å²) in [5, 5.41) is 11.0. The molecule has 1 N–H and O–H groups in total. The van der Waals surface area contributed by atoms with Gasteiger partial charge < -0.3 is 4.40 Å². The lowest BCUT2D eigenvalue weighted by molar-refractivity contribution is -0.126. The Morgan fingerprint density at radius 3 is 3.00 bits per heavy atom. The molecule has 1 unspecified atom stereocenters. The standard InChI is InChI=1S/C14H14N4O2/c1-2-3-11(14(20)16-9-19)12-8-18-7-10(6-15)4-5-13(18)17-12/h4-5,7-9,11H,2-3H2,1H3,(H,16,19,20). The second-order valence-corrected chi connectivity index (χ2v) is 4.43.